The van der Waals surface area contributed by atoms with Crippen molar-refractivity contribution in [2.45, 2.75) is 6.61 Å². The van der Waals surface area contributed by atoms with Gasteiger partial charge in [0.25, 0.3) is 0 Å². The van der Waals surface area contributed by atoms with E-state index in [1.807, 2.05) is 54.6 Å². The molecule has 8 heteroatoms. The third-order valence-corrected chi connectivity index (χ3v) is 4.92. The van der Waals surface area contributed by atoms with Crippen LogP contribution in [0.15, 0.2) is 77.9 Å². The van der Waals surface area contributed by atoms with Crippen LogP contribution in [0.5, 0.6) is 5.75 Å². The quantitative estimate of drug-likeness (QED) is 0.271. The molecule has 0 saturated heterocycles. The summed E-state index contributed by atoms with van der Waals surface area (Å²) in [6.45, 7) is 0.518. The van der Waals surface area contributed by atoms with Crippen LogP contribution in [-0.4, -0.2) is 21.1 Å². The molecule has 1 aromatic heterocycles. The maximum absolute atomic E-state index is 6.10. The van der Waals surface area contributed by atoms with E-state index in [1.165, 1.54) is 4.68 Å². The molecule has 0 fully saturated rings. The van der Waals surface area contributed by atoms with Crippen LogP contribution in [0.4, 0.5) is 0 Å². The summed E-state index contributed by atoms with van der Waals surface area (Å²) in [6.07, 6.45) is 1.70. The Morgan fingerprint density at radius 2 is 1.70 bits per heavy atom. The fraction of sp³-hybridized carbons (Fsp3) is 0.0455. The normalized spacial score (nSPS) is 11.1. The van der Waals surface area contributed by atoms with Gasteiger partial charge in [-0.15, -0.1) is 0 Å². The van der Waals surface area contributed by atoms with Crippen molar-refractivity contribution >= 4 is 41.6 Å². The summed E-state index contributed by atoms with van der Waals surface area (Å²) in [5.41, 5.74) is 2.72. The Morgan fingerprint density at radius 3 is 2.40 bits per heavy atom. The van der Waals surface area contributed by atoms with E-state index in [1.54, 1.807) is 24.4 Å². The zero-order valence-corrected chi connectivity index (χ0v) is 18.0. The van der Waals surface area contributed by atoms with E-state index in [-0.39, 0.29) is 0 Å². The maximum Gasteiger partial charge on any atom is 0.216 e. The molecule has 0 aliphatic carbocycles. The lowest BCUT2D eigenvalue weighted by Crippen LogP contribution is -1.96. The second-order valence-corrected chi connectivity index (χ2v) is 7.67. The number of ether oxygens (including phenoxy) is 1. The standard InChI is InChI=1S/C22H16Cl2N4OS/c23-18-10-17(11-19(24)12-18)21-26-27-22(30)28(21)25-13-15-6-8-20(9-7-15)29-14-16-4-2-1-3-5-16/h1-13H,14H2,(H,27,30)/b25-13+. The van der Waals surface area contributed by atoms with Crippen LogP contribution in [0.1, 0.15) is 11.1 Å². The summed E-state index contributed by atoms with van der Waals surface area (Å²) < 4.78 is 7.70. The predicted octanol–water partition coefficient (Wildman–Crippen LogP) is 6.38. The van der Waals surface area contributed by atoms with E-state index in [4.69, 9.17) is 40.2 Å². The van der Waals surface area contributed by atoms with Crippen LogP contribution in [0.25, 0.3) is 11.4 Å². The van der Waals surface area contributed by atoms with Gasteiger partial charge in [0.15, 0.2) is 5.82 Å². The van der Waals surface area contributed by atoms with Gasteiger partial charge in [0.1, 0.15) is 12.4 Å². The third-order valence-electron chi connectivity index (χ3n) is 4.22. The van der Waals surface area contributed by atoms with E-state index in [0.717, 1.165) is 16.9 Å². The Labute approximate surface area is 188 Å². The summed E-state index contributed by atoms with van der Waals surface area (Å²) in [5, 5.41) is 12.5. The van der Waals surface area contributed by atoms with Crippen molar-refractivity contribution in [2.75, 3.05) is 0 Å². The SMILES string of the molecule is S=c1[nH]nc(-c2cc(Cl)cc(Cl)c2)n1/N=C/c1ccc(OCc2ccccc2)cc1. The zero-order chi connectivity index (χ0) is 20.9. The lowest BCUT2D eigenvalue weighted by atomic mass is 10.2. The molecule has 150 valence electrons. The Hall–Kier alpha value is -2.93. The van der Waals surface area contributed by atoms with Crippen LogP contribution >= 0.6 is 35.4 Å². The van der Waals surface area contributed by atoms with Crippen LogP contribution in [0.2, 0.25) is 10.0 Å². The van der Waals surface area contributed by atoms with Crippen molar-refractivity contribution < 1.29 is 4.74 Å². The minimum Gasteiger partial charge on any atom is -0.489 e. The van der Waals surface area contributed by atoms with Gasteiger partial charge in [-0.1, -0.05) is 53.5 Å². The van der Waals surface area contributed by atoms with Crippen LogP contribution in [0.3, 0.4) is 0 Å². The summed E-state index contributed by atoms with van der Waals surface area (Å²) in [4.78, 5) is 0. The topological polar surface area (TPSA) is 55.2 Å². The number of nitrogens with zero attached hydrogens (tertiary/aromatic N) is 3. The third kappa shape index (κ3) is 4.97. The molecule has 0 bridgehead atoms. The molecule has 0 aliphatic heterocycles. The molecule has 0 aliphatic rings. The van der Waals surface area contributed by atoms with Crippen molar-refractivity contribution in [3.8, 4) is 17.1 Å². The summed E-state index contributed by atoms with van der Waals surface area (Å²) in [7, 11) is 0. The van der Waals surface area contributed by atoms with E-state index < -0.39 is 0 Å². The number of nitrogens with one attached hydrogen (secondary N) is 1. The molecule has 0 atom stereocenters. The molecule has 0 radical (unpaired) electrons. The fourth-order valence-corrected chi connectivity index (χ4v) is 3.49. The van der Waals surface area contributed by atoms with Crippen LogP contribution in [0, 0.1) is 4.77 Å². The van der Waals surface area contributed by atoms with Gasteiger partial charge in [0.2, 0.25) is 4.77 Å². The highest BCUT2D eigenvalue weighted by Crippen LogP contribution is 2.26. The molecular formula is C22H16Cl2N4OS. The number of benzene rings is 3. The van der Waals surface area contributed by atoms with Gasteiger partial charge < -0.3 is 4.74 Å². The molecule has 1 heterocycles. The van der Waals surface area contributed by atoms with E-state index >= 15 is 0 Å². The first-order valence-corrected chi connectivity index (χ1v) is 10.2. The van der Waals surface area contributed by atoms with Gasteiger partial charge in [0.05, 0.1) is 6.21 Å². The number of H-pyrrole nitrogens is 1. The summed E-state index contributed by atoms with van der Waals surface area (Å²) >= 11 is 17.5. The second kappa shape index (κ2) is 9.26. The van der Waals surface area contributed by atoms with Crippen LogP contribution in [-0.2, 0) is 6.61 Å². The Bertz CT molecular complexity index is 1210. The number of aromatic nitrogens is 3. The highest BCUT2D eigenvalue weighted by molar-refractivity contribution is 7.71. The smallest absolute Gasteiger partial charge is 0.216 e. The molecule has 0 spiro atoms. The molecule has 0 saturated carbocycles. The molecule has 1 N–H and O–H groups in total. The molecule has 4 rings (SSSR count). The van der Waals surface area contributed by atoms with Crippen molar-refractivity contribution in [2.24, 2.45) is 5.10 Å². The average Bonchev–Trinajstić information content (AvgIpc) is 3.12. The molecule has 4 aromatic rings. The lowest BCUT2D eigenvalue weighted by molar-refractivity contribution is 0.306. The van der Waals surface area contributed by atoms with Gasteiger partial charge in [-0.05, 0) is 65.8 Å². The van der Waals surface area contributed by atoms with E-state index in [9.17, 15) is 0 Å². The van der Waals surface area contributed by atoms with Gasteiger partial charge in [0, 0.05) is 15.6 Å². The first kappa shape index (κ1) is 20.3. The molecular weight excluding hydrogens is 439 g/mol. The monoisotopic (exact) mass is 454 g/mol. The largest absolute Gasteiger partial charge is 0.489 e. The van der Waals surface area contributed by atoms with Crippen molar-refractivity contribution in [3.63, 3.8) is 0 Å². The highest BCUT2D eigenvalue weighted by Gasteiger charge is 2.10. The van der Waals surface area contributed by atoms with Gasteiger partial charge in [-0.2, -0.15) is 14.9 Å². The second-order valence-electron chi connectivity index (χ2n) is 6.41. The first-order valence-electron chi connectivity index (χ1n) is 9.03. The molecule has 0 unspecified atom stereocenters. The minimum absolute atomic E-state index is 0.361. The van der Waals surface area contributed by atoms with Crippen molar-refractivity contribution in [3.05, 3.63) is 98.7 Å². The zero-order valence-electron chi connectivity index (χ0n) is 15.6. The number of halogens is 2. The van der Waals surface area contributed by atoms with Gasteiger partial charge in [-0.3, -0.25) is 0 Å². The van der Waals surface area contributed by atoms with Crippen molar-refractivity contribution in [1.82, 2.24) is 14.9 Å². The number of hydrogen-bond acceptors (Lipinski definition) is 4. The molecule has 0 amide bonds. The van der Waals surface area contributed by atoms with Gasteiger partial charge >= 0.3 is 0 Å². The lowest BCUT2D eigenvalue weighted by Gasteiger charge is -2.06. The number of aromatic amines is 1. The highest BCUT2D eigenvalue weighted by atomic mass is 35.5. The predicted molar refractivity (Wildman–Crippen MR) is 123 cm³/mol. The van der Waals surface area contributed by atoms with Gasteiger partial charge in [-0.25, -0.2) is 5.10 Å². The average molecular weight is 455 g/mol. The summed E-state index contributed by atoms with van der Waals surface area (Å²) in [5.74, 6) is 1.30. The first-order chi connectivity index (χ1) is 14.6. The molecule has 30 heavy (non-hydrogen) atoms. The van der Waals surface area contributed by atoms with Crippen molar-refractivity contribution in [1.29, 1.82) is 0 Å². The fourth-order valence-electron chi connectivity index (χ4n) is 2.78. The van der Waals surface area contributed by atoms with E-state index in [2.05, 4.69) is 15.3 Å². The molecule has 3 aromatic carbocycles. The Balaban J connectivity index is 1.50. The van der Waals surface area contributed by atoms with Crippen LogP contribution < -0.4 is 4.74 Å². The summed E-state index contributed by atoms with van der Waals surface area (Å²) in [6, 6.07) is 22.8. The number of hydrogen-bond donors (Lipinski definition) is 1. The maximum atomic E-state index is 6.10. The van der Waals surface area contributed by atoms with E-state index in [0.29, 0.717) is 32.8 Å². The molecule has 5 nitrogen and oxygen atoms in total. The Kier molecular flexibility index (Phi) is 6.28. The minimum atomic E-state index is 0.361. The number of rotatable bonds is 6. The Morgan fingerprint density at radius 1 is 1.00 bits per heavy atom.